The van der Waals surface area contributed by atoms with Gasteiger partial charge in [0.15, 0.2) is 0 Å². The molecule has 5 nitrogen and oxygen atoms in total. The highest BCUT2D eigenvalue weighted by atomic mass is 16.4. The van der Waals surface area contributed by atoms with Gasteiger partial charge in [0, 0.05) is 11.1 Å². The number of hydrogen-bond donors (Lipinski definition) is 2. The first-order valence-electron chi connectivity index (χ1n) is 7.28. The zero-order chi connectivity index (χ0) is 16.3. The van der Waals surface area contributed by atoms with E-state index in [1.165, 1.54) is 0 Å². The summed E-state index contributed by atoms with van der Waals surface area (Å²) in [5, 5.41) is 12.6. The Morgan fingerprint density at radius 1 is 1.27 bits per heavy atom. The monoisotopic (exact) mass is 300 g/mol. The maximum Gasteiger partial charge on any atom is 0.326 e. The van der Waals surface area contributed by atoms with Crippen molar-refractivity contribution < 1.29 is 14.7 Å². The zero-order valence-electron chi connectivity index (χ0n) is 13.0. The Morgan fingerprint density at radius 3 is 2.59 bits per heavy atom. The number of rotatable bonds is 5. The normalized spacial score (nSPS) is 12.4. The number of aliphatic carboxylic acids is 1. The number of aromatic nitrogens is 1. The van der Waals surface area contributed by atoms with Crippen LogP contribution in [0, 0.1) is 12.8 Å². The molecule has 22 heavy (non-hydrogen) atoms. The standard InChI is InChI=1S/C17H20N2O3/c1-10(2)8-15(17(21)22)19-16(20)13-9-11(3)18-14-7-5-4-6-12(13)14/h4-7,9-10,15H,8H2,1-3H3,(H,19,20)(H,21,22)/t15-/m0/s1. The van der Waals surface area contributed by atoms with E-state index < -0.39 is 12.0 Å². The molecule has 2 N–H and O–H groups in total. The van der Waals surface area contributed by atoms with Gasteiger partial charge in [-0.3, -0.25) is 9.78 Å². The molecule has 1 aromatic heterocycles. The number of hydrogen-bond acceptors (Lipinski definition) is 3. The number of nitrogens with zero attached hydrogens (tertiary/aromatic N) is 1. The summed E-state index contributed by atoms with van der Waals surface area (Å²) in [4.78, 5) is 28.2. The smallest absolute Gasteiger partial charge is 0.326 e. The number of fused-ring (bicyclic) bond motifs is 1. The molecule has 0 spiro atoms. The van der Waals surface area contributed by atoms with Gasteiger partial charge in [-0.2, -0.15) is 0 Å². The van der Waals surface area contributed by atoms with Gasteiger partial charge in [0.2, 0.25) is 0 Å². The third-order valence-electron chi connectivity index (χ3n) is 3.40. The van der Waals surface area contributed by atoms with Crippen molar-refractivity contribution in [1.82, 2.24) is 10.3 Å². The van der Waals surface area contributed by atoms with Gasteiger partial charge in [-0.1, -0.05) is 32.0 Å². The summed E-state index contributed by atoms with van der Waals surface area (Å²) in [5.41, 5.74) is 1.90. The Labute approximate surface area is 129 Å². The molecule has 0 unspecified atom stereocenters. The number of para-hydroxylation sites is 1. The molecule has 1 atom stereocenters. The quantitative estimate of drug-likeness (QED) is 0.890. The van der Waals surface area contributed by atoms with Crippen molar-refractivity contribution in [2.24, 2.45) is 5.92 Å². The Balaban J connectivity index is 2.35. The Morgan fingerprint density at radius 2 is 1.95 bits per heavy atom. The van der Waals surface area contributed by atoms with Crippen molar-refractivity contribution in [2.45, 2.75) is 33.2 Å². The minimum Gasteiger partial charge on any atom is -0.480 e. The highest BCUT2D eigenvalue weighted by Crippen LogP contribution is 2.18. The third-order valence-corrected chi connectivity index (χ3v) is 3.40. The number of carbonyl (C=O) groups excluding carboxylic acids is 1. The lowest BCUT2D eigenvalue weighted by molar-refractivity contribution is -0.139. The molecule has 1 heterocycles. The average Bonchev–Trinajstić information content (AvgIpc) is 2.44. The molecular weight excluding hydrogens is 280 g/mol. The molecule has 0 saturated heterocycles. The van der Waals surface area contributed by atoms with Crippen molar-refractivity contribution >= 4 is 22.8 Å². The second-order valence-corrected chi connectivity index (χ2v) is 5.82. The molecule has 0 bridgehead atoms. The van der Waals surface area contributed by atoms with Crippen LogP contribution in [0.4, 0.5) is 0 Å². The highest BCUT2D eigenvalue weighted by molar-refractivity contribution is 6.07. The summed E-state index contributed by atoms with van der Waals surface area (Å²) in [7, 11) is 0. The predicted molar refractivity (Wildman–Crippen MR) is 84.8 cm³/mol. The number of amides is 1. The van der Waals surface area contributed by atoms with Crippen LogP contribution in [-0.4, -0.2) is 28.0 Å². The molecule has 0 aliphatic rings. The minimum absolute atomic E-state index is 0.178. The molecule has 116 valence electrons. The molecule has 0 saturated carbocycles. The number of aryl methyl sites for hydroxylation is 1. The number of pyridine rings is 1. The molecule has 0 aliphatic carbocycles. The molecule has 2 rings (SSSR count). The van der Waals surface area contributed by atoms with Crippen LogP contribution in [0.5, 0.6) is 0 Å². The predicted octanol–water partition coefficient (Wildman–Crippen LogP) is 2.77. The summed E-state index contributed by atoms with van der Waals surface area (Å²) in [6.07, 6.45) is 0.392. The number of carbonyl (C=O) groups is 2. The van der Waals surface area contributed by atoms with Gasteiger partial charge >= 0.3 is 5.97 Å². The van der Waals surface area contributed by atoms with Crippen LogP contribution in [0.25, 0.3) is 10.9 Å². The molecule has 1 aromatic carbocycles. The van der Waals surface area contributed by atoms with Crippen LogP contribution < -0.4 is 5.32 Å². The molecule has 0 fully saturated rings. The number of benzene rings is 1. The lowest BCUT2D eigenvalue weighted by Gasteiger charge is -2.17. The summed E-state index contributed by atoms with van der Waals surface area (Å²) in [5.74, 6) is -1.22. The molecule has 2 aromatic rings. The summed E-state index contributed by atoms with van der Waals surface area (Å²) in [6.45, 7) is 5.66. The van der Waals surface area contributed by atoms with E-state index in [9.17, 15) is 14.7 Å². The zero-order valence-corrected chi connectivity index (χ0v) is 13.0. The molecule has 0 radical (unpaired) electrons. The van der Waals surface area contributed by atoms with E-state index in [1.807, 2.05) is 45.0 Å². The van der Waals surface area contributed by atoms with E-state index in [-0.39, 0.29) is 11.8 Å². The summed E-state index contributed by atoms with van der Waals surface area (Å²) >= 11 is 0. The van der Waals surface area contributed by atoms with Gasteiger partial charge in [-0.25, -0.2) is 4.79 Å². The van der Waals surface area contributed by atoms with Gasteiger partial charge in [0.1, 0.15) is 6.04 Å². The van der Waals surface area contributed by atoms with Crippen molar-refractivity contribution in [3.63, 3.8) is 0 Å². The van der Waals surface area contributed by atoms with E-state index in [1.54, 1.807) is 6.07 Å². The minimum atomic E-state index is -1.02. The van der Waals surface area contributed by atoms with Crippen molar-refractivity contribution in [2.75, 3.05) is 0 Å². The van der Waals surface area contributed by atoms with E-state index >= 15 is 0 Å². The summed E-state index contributed by atoms with van der Waals surface area (Å²) in [6, 6.07) is 8.14. The molecular formula is C17H20N2O3. The Hall–Kier alpha value is -2.43. The fourth-order valence-corrected chi connectivity index (χ4v) is 2.42. The number of carboxylic acid groups (broad SMARTS) is 1. The van der Waals surface area contributed by atoms with Crippen molar-refractivity contribution in [3.05, 3.63) is 41.6 Å². The summed E-state index contributed by atoms with van der Waals surface area (Å²) < 4.78 is 0. The van der Waals surface area contributed by atoms with Gasteiger partial charge in [-0.15, -0.1) is 0 Å². The average molecular weight is 300 g/mol. The Kier molecular flexibility index (Phi) is 4.75. The molecule has 0 aliphatic heterocycles. The van der Waals surface area contributed by atoms with Crippen LogP contribution >= 0.6 is 0 Å². The fraction of sp³-hybridized carbons (Fsp3) is 0.353. The lowest BCUT2D eigenvalue weighted by atomic mass is 10.0. The van der Waals surface area contributed by atoms with Crippen molar-refractivity contribution in [1.29, 1.82) is 0 Å². The second-order valence-electron chi connectivity index (χ2n) is 5.82. The van der Waals surface area contributed by atoms with Crippen LogP contribution in [0.2, 0.25) is 0 Å². The Bertz CT molecular complexity index is 710. The first-order chi connectivity index (χ1) is 10.4. The van der Waals surface area contributed by atoms with E-state index in [0.29, 0.717) is 12.0 Å². The van der Waals surface area contributed by atoms with Gasteiger partial charge in [-0.05, 0) is 31.4 Å². The molecule has 5 heteroatoms. The fourth-order valence-electron chi connectivity index (χ4n) is 2.42. The maximum absolute atomic E-state index is 12.5. The first kappa shape index (κ1) is 15.9. The number of nitrogens with one attached hydrogen (secondary N) is 1. The van der Waals surface area contributed by atoms with Crippen molar-refractivity contribution in [3.8, 4) is 0 Å². The van der Waals surface area contributed by atoms with Gasteiger partial charge in [0.25, 0.3) is 5.91 Å². The van der Waals surface area contributed by atoms with Gasteiger partial charge < -0.3 is 10.4 Å². The van der Waals surface area contributed by atoms with Crippen LogP contribution in [-0.2, 0) is 4.79 Å². The van der Waals surface area contributed by atoms with E-state index in [0.717, 1.165) is 16.6 Å². The third kappa shape index (κ3) is 3.61. The highest BCUT2D eigenvalue weighted by Gasteiger charge is 2.22. The largest absolute Gasteiger partial charge is 0.480 e. The van der Waals surface area contributed by atoms with Crippen LogP contribution in [0.3, 0.4) is 0 Å². The maximum atomic E-state index is 12.5. The SMILES string of the molecule is Cc1cc(C(=O)N[C@@H](CC(C)C)C(=O)O)c2ccccc2n1. The van der Waals surface area contributed by atoms with E-state index in [4.69, 9.17) is 0 Å². The van der Waals surface area contributed by atoms with Crippen LogP contribution in [0.1, 0.15) is 36.3 Å². The van der Waals surface area contributed by atoms with Crippen LogP contribution in [0.15, 0.2) is 30.3 Å². The second kappa shape index (κ2) is 6.56. The number of carboxylic acids is 1. The molecule has 1 amide bonds. The van der Waals surface area contributed by atoms with Gasteiger partial charge in [0.05, 0.1) is 11.1 Å². The van der Waals surface area contributed by atoms with E-state index in [2.05, 4.69) is 10.3 Å². The lowest BCUT2D eigenvalue weighted by Crippen LogP contribution is -2.41. The first-order valence-corrected chi connectivity index (χ1v) is 7.28. The topological polar surface area (TPSA) is 79.3 Å².